The van der Waals surface area contributed by atoms with E-state index in [1.54, 1.807) is 0 Å². The Morgan fingerprint density at radius 1 is 1.25 bits per heavy atom. The minimum Gasteiger partial charge on any atom is -0.327 e. The van der Waals surface area contributed by atoms with Crippen molar-refractivity contribution in [2.24, 2.45) is 11.1 Å². The zero-order valence-electron chi connectivity index (χ0n) is 9.64. The van der Waals surface area contributed by atoms with Crippen LogP contribution in [0.4, 0.5) is 0 Å². The molecule has 1 aromatic carbocycles. The predicted molar refractivity (Wildman–Crippen MR) is 66.2 cm³/mol. The molecule has 0 bridgehead atoms. The highest BCUT2D eigenvalue weighted by Crippen LogP contribution is 2.57. The van der Waals surface area contributed by atoms with E-state index < -0.39 is 0 Å². The molecule has 82 valence electrons. The fourth-order valence-electron chi connectivity index (χ4n) is 2.57. The molecular weight excluding hydrogens is 196 g/mol. The topological polar surface area (TPSA) is 38.9 Å². The Morgan fingerprint density at radius 3 is 2.62 bits per heavy atom. The number of nitrogens with zero attached hydrogens (tertiary/aromatic N) is 1. The summed E-state index contributed by atoms with van der Waals surface area (Å²) in [5.41, 5.74) is 8.65. The van der Waals surface area contributed by atoms with Gasteiger partial charge in [0, 0.05) is 23.5 Å². The summed E-state index contributed by atoms with van der Waals surface area (Å²) >= 11 is 0. The summed E-state index contributed by atoms with van der Waals surface area (Å²) in [4.78, 5) is 4.49. The van der Waals surface area contributed by atoms with Crippen molar-refractivity contribution in [2.75, 3.05) is 0 Å². The molecule has 0 amide bonds. The van der Waals surface area contributed by atoms with Gasteiger partial charge in [-0.15, -0.1) is 0 Å². The van der Waals surface area contributed by atoms with Crippen LogP contribution in [0.5, 0.6) is 0 Å². The van der Waals surface area contributed by atoms with Crippen LogP contribution in [-0.2, 0) is 0 Å². The molecule has 0 radical (unpaired) electrons. The van der Waals surface area contributed by atoms with Crippen LogP contribution in [-0.4, -0.2) is 11.0 Å². The highest BCUT2D eigenvalue weighted by molar-refractivity contribution is 5.79. The minimum atomic E-state index is 0.226. The van der Waals surface area contributed by atoms with E-state index in [1.807, 2.05) is 24.4 Å². The van der Waals surface area contributed by atoms with Crippen LogP contribution in [0.1, 0.15) is 25.3 Å². The van der Waals surface area contributed by atoms with Crippen LogP contribution in [0.25, 0.3) is 10.9 Å². The molecule has 0 aliphatic heterocycles. The summed E-state index contributed by atoms with van der Waals surface area (Å²) in [6, 6.07) is 10.7. The largest absolute Gasteiger partial charge is 0.327 e. The van der Waals surface area contributed by atoms with Crippen molar-refractivity contribution in [3.63, 3.8) is 0 Å². The monoisotopic (exact) mass is 212 g/mol. The quantitative estimate of drug-likeness (QED) is 0.789. The molecule has 2 nitrogen and oxygen atoms in total. The standard InChI is InChI=1S/C14H16N2/c1-14(2)12(13(14)15)10-7-9-5-3-4-6-11(9)16-8-10/h3-8,12-13H,15H2,1-2H3/t12-,13-/m1/s1. The lowest BCUT2D eigenvalue weighted by atomic mass is 10.0. The Balaban J connectivity index is 2.07. The number of hydrogen-bond acceptors (Lipinski definition) is 2. The van der Waals surface area contributed by atoms with Gasteiger partial charge in [0.15, 0.2) is 0 Å². The smallest absolute Gasteiger partial charge is 0.0702 e. The van der Waals surface area contributed by atoms with Crippen molar-refractivity contribution in [3.8, 4) is 0 Å². The maximum atomic E-state index is 6.09. The second kappa shape index (κ2) is 3.05. The van der Waals surface area contributed by atoms with E-state index in [0.29, 0.717) is 5.92 Å². The van der Waals surface area contributed by atoms with Gasteiger partial charge in [-0.05, 0) is 23.1 Å². The molecule has 1 fully saturated rings. The summed E-state index contributed by atoms with van der Waals surface area (Å²) < 4.78 is 0. The SMILES string of the molecule is CC1(C)[C@H](N)[C@H]1c1cnc2ccccc2c1. The van der Waals surface area contributed by atoms with E-state index in [4.69, 9.17) is 5.73 Å². The minimum absolute atomic E-state index is 0.226. The number of para-hydroxylation sites is 1. The van der Waals surface area contributed by atoms with Gasteiger partial charge >= 0.3 is 0 Å². The average Bonchev–Trinajstić information content (AvgIpc) is 2.78. The molecule has 1 heterocycles. The molecule has 1 saturated carbocycles. The first-order valence-corrected chi connectivity index (χ1v) is 5.71. The molecule has 16 heavy (non-hydrogen) atoms. The Morgan fingerprint density at radius 2 is 1.94 bits per heavy atom. The molecule has 0 saturated heterocycles. The number of fused-ring (bicyclic) bond motifs is 1. The molecule has 2 atom stereocenters. The van der Waals surface area contributed by atoms with E-state index in [9.17, 15) is 0 Å². The van der Waals surface area contributed by atoms with Crippen molar-refractivity contribution in [1.82, 2.24) is 4.98 Å². The van der Waals surface area contributed by atoms with E-state index in [0.717, 1.165) is 5.52 Å². The van der Waals surface area contributed by atoms with Gasteiger partial charge in [0.05, 0.1) is 5.52 Å². The maximum Gasteiger partial charge on any atom is 0.0702 e. The number of benzene rings is 1. The van der Waals surface area contributed by atoms with E-state index in [2.05, 4.69) is 31.0 Å². The number of hydrogen-bond donors (Lipinski definition) is 1. The van der Waals surface area contributed by atoms with Crippen LogP contribution in [0.3, 0.4) is 0 Å². The lowest BCUT2D eigenvalue weighted by Crippen LogP contribution is -2.06. The van der Waals surface area contributed by atoms with Gasteiger partial charge in [-0.2, -0.15) is 0 Å². The molecule has 2 heteroatoms. The van der Waals surface area contributed by atoms with Crippen LogP contribution in [0, 0.1) is 5.41 Å². The molecule has 2 N–H and O–H groups in total. The fraction of sp³-hybridized carbons (Fsp3) is 0.357. The molecule has 0 unspecified atom stereocenters. The van der Waals surface area contributed by atoms with E-state index in [-0.39, 0.29) is 11.5 Å². The second-order valence-corrected chi connectivity index (χ2v) is 5.29. The van der Waals surface area contributed by atoms with Gasteiger partial charge in [-0.1, -0.05) is 32.0 Å². The van der Waals surface area contributed by atoms with Crippen molar-refractivity contribution in [1.29, 1.82) is 0 Å². The molecule has 2 aromatic rings. The third-order valence-electron chi connectivity index (χ3n) is 3.88. The van der Waals surface area contributed by atoms with Crippen LogP contribution < -0.4 is 5.73 Å². The van der Waals surface area contributed by atoms with E-state index in [1.165, 1.54) is 10.9 Å². The van der Waals surface area contributed by atoms with Gasteiger partial charge in [-0.25, -0.2) is 0 Å². The van der Waals surface area contributed by atoms with Gasteiger partial charge in [0.25, 0.3) is 0 Å². The summed E-state index contributed by atoms with van der Waals surface area (Å²) in [7, 11) is 0. The maximum absolute atomic E-state index is 6.09. The summed E-state index contributed by atoms with van der Waals surface area (Å²) in [5, 5.41) is 1.20. The molecule has 1 aliphatic rings. The highest BCUT2D eigenvalue weighted by Gasteiger charge is 2.56. The van der Waals surface area contributed by atoms with E-state index >= 15 is 0 Å². The third kappa shape index (κ3) is 1.26. The number of nitrogens with two attached hydrogens (primary N) is 1. The number of aromatic nitrogens is 1. The van der Waals surface area contributed by atoms with Gasteiger partial charge < -0.3 is 5.73 Å². The lowest BCUT2D eigenvalue weighted by Gasteiger charge is -2.04. The second-order valence-electron chi connectivity index (χ2n) is 5.29. The zero-order valence-corrected chi connectivity index (χ0v) is 9.64. The Hall–Kier alpha value is -1.41. The Labute approximate surface area is 95.5 Å². The first kappa shape index (κ1) is 9.79. The van der Waals surface area contributed by atoms with Gasteiger partial charge in [0.1, 0.15) is 0 Å². The number of pyridine rings is 1. The van der Waals surface area contributed by atoms with Crippen LogP contribution >= 0.6 is 0 Å². The molecule has 3 rings (SSSR count). The fourth-order valence-corrected chi connectivity index (χ4v) is 2.57. The Bertz CT molecular complexity index is 545. The highest BCUT2D eigenvalue weighted by atomic mass is 14.8. The predicted octanol–water partition coefficient (Wildman–Crippen LogP) is 2.69. The van der Waals surface area contributed by atoms with Crippen molar-refractivity contribution >= 4 is 10.9 Å². The summed E-state index contributed by atoms with van der Waals surface area (Å²) in [6.45, 7) is 4.44. The molecule has 1 aliphatic carbocycles. The van der Waals surface area contributed by atoms with Crippen molar-refractivity contribution in [3.05, 3.63) is 42.1 Å². The average molecular weight is 212 g/mol. The molecular formula is C14H16N2. The summed E-state index contributed by atoms with van der Waals surface area (Å²) in [5.74, 6) is 0.463. The van der Waals surface area contributed by atoms with Crippen LogP contribution in [0.2, 0.25) is 0 Å². The lowest BCUT2D eigenvalue weighted by molar-refractivity contribution is 0.599. The first-order chi connectivity index (χ1) is 7.60. The van der Waals surface area contributed by atoms with Gasteiger partial charge in [-0.3, -0.25) is 4.98 Å². The zero-order chi connectivity index (χ0) is 11.3. The van der Waals surface area contributed by atoms with Gasteiger partial charge in [0.2, 0.25) is 0 Å². The number of rotatable bonds is 1. The summed E-state index contributed by atoms with van der Waals surface area (Å²) in [6.07, 6.45) is 1.97. The van der Waals surface area contributed by atoms with Crippen molar-refractivity contribution in [2.45, 2.75) is 25.8 Å². The Kier molecular flexibility index (Phi) is 1.86. The van der Waals surface area contributed by atoms with Crippen LogP contribution in [0.15, 0.2) is 36.5 Å². The third-order valence-corrected chi connectivity index (χ3v) is 3.88. The molecule has 0 spiro atoms. The normalized spacial score (nSPS) is 26.9. The first-order valence-electron chi connectivity index (χ1n) is 5.71. The molecule has 1 aromatic heterocycles. The van der Waals surface area contributed by atoms with Crippen molar-refractivity contribution < 1.29 is 0 Å².